The molecule has 5 nitrogen and oxygen atoms in total. The molecule has 1 unspecified atom stereocenters. The maximum absolute atomic E-state index is 12.6. The Labute approximate surface area is 125 Å². The van der Waals surface area contributed by atoms with Gasteiger partial charge >= 0.3 is 0 Å². The fourth-order valence-electron chi connectivity index (χ4n) is 2.63. The van der Waals surface area contributed by atoms with Crippen LogP contribution in [0, 0.1) is 5.41 Å². The molecule has 1 amide bonds. The first-order chi connectivity index (χ1) is 10.1. The van der Waals surface area contributed by atoms with Gasteiger partial charge in [-0.1, -0.05) is 12.1 Å². The number of methoxy groups -OCH3 is 1. The Bertz CT molecular complexity index is 484. The predicted molar refractivity (Wildman–Crippen MR) is 81.1 cm³/mol. The van der Waals surface area contributed by atoms with E-state index in [0.717, 1.165) is 11.3 Å². The maximum atomic E-state index is 12.6. The van der Waals surface area contributed by atoms with Crippen molar-refractivity contribution >= 4 is 5.91 Å². The lowest BCUT2D eigenvalue weighted by Crippen LogP contribution is -2.49. The Balaban J connectivity index is 2.06. The zero-order valence-corrected chi connectivity index (χ0v) is 12.7. The van der Waals surface area contributed by atoms with Gasteiger partial charge in [0.15, 0.2) is 0 Å². The van der Waals surface area contributed by atoms with Gasteiger partial charge in [-0.2, -0.15) is 0 Å². The maximum Gasteiger partial charge on any atom is 0.228 e. The van der Waals surface area contributed by atoms with Crippen LogP contribution in [0.4, 0.5) is 0 Å². The molecule has 0 radical (unpaired) electrons. The summed E-state index contributed by atoms with van der Waals surface area (Å²) < 4.78 is 10.6. The molecule has 0 saturated carbocycles. The van der Waals surface area contributed by atoms with E-state index in [1.807, 2.05) is 31.2 Å². The van der Waals surface area contributed by atoms with Crippen LogP contribution >= 0.6 is 0 Å². The topological polar surface area (TPSA) is 73.6 Å². The first kappa shape index (κ1) is 15.8. The summed E-state index contributed by atoms with van der Waals surface area (Å²) in [6.45, 7) is 3.51. The van der Waals surface area contributed by atoms with Gasteiger partial charge in [-0.15, -0.1) is 0 Å². The minimum Gasteiger partial charge on any atom is -0.497 e. The van der Waals surface area contributed by atoms with Crippen LogP contribution in [0.25, 0.3) is 0 Å². The molecule has 1 aliphatic heterocycles. The Morgan fingerprint density at radius 2 is 2.19 bits per heavy atom. The fourth-order valence-corrected chi connectivity index (χ4v) is 2.63. The zero-order chi connectivity index (χ0) is 15.3. The van der Waals surface area contributed by atoms with Crippen LogP contribution in [0.5, 0.6) is 5.75 Å². The van der Waals surface area contributed by atoms with E-state index in [9.17, 15) is 4.79 Å². The lowest BCUT2D eigenvalue weighted by Gasteiger charge is -2.35. The third kappa shape index (κ3) is 3.54. The number of nitrogens with one attached hydrogen (secondary N) is 1. The highest BCUT2D eigenvalue weighted by molar-refractivity contribution is 5.83. The van der Waals surface area contributed by atoms with E-state index in [1.54, 1.807) is 7.11 Å². The van der Waals surface area contributed by atoms with Crippen molar-refractivity contribution in [2.75, 3.05) is 26.9 Å². The number of carbonyl (C=O) groups excluding carboxylic acids is 1. The summed E-state index contributed by atoms with van der Waals surface area (Å²) >= 11 is 0. The van der Waals surface area contributed by atoms with Gasteiger partial charge in [-0.05, 0) is 37.5 Å². The SMILES string of the molecule is COc1cccc(C(C)NC(=O)C2(CN)CCOCC2)c1. The molecule has 1 aromatic rings. The molecule has 1 atom stereocenters. The minimum absolute atomic E-state index is 0.0172. The first-order valence-corrected chi connectivity index (χ1v) is 7.34. The van der Waals surface area contributed by atoms with E-state index in [-0.39, 0.29) is 11.9 Å². The van der Waals surface area contributed by atoms with Crippen molar-refractivity contribution < 1.29 is 14.3 Å². The monoisotopic (exact) mass is 292 g/mol. The molecule has 5 heteroatoms. The highest BCUT2D eigenvalue weighted by Crippen LogP contribution is 2.30. The summed E-state index contributed by atoms with van der Waals surface area (Å²) in [5, 5.41) is 3.08. The molecule has 0 aliphatic carbocycles. The van der Waals surface area contributed by atoms with E-state index < -0.39 is 5.41 Å². The Morgan fingerprint density at radius 3 is 2.81 bits per heavy atom. The number of hydrogen-bond acceptors (Lipinski definition) is 4. The number of benzene rings is 1. The van der Waals surface area contributed by atoms with Gasteiger partial charge in [0, 0.05) is 19.8 Å². The van der Waals surface area contributed by atoms with Crippen molar-refractivity contribution in [1.29, 1.82) is 0 Å². The van der Waals surface area contributed by atoms with Crippen LogP contribution in [0.2, 0.25) is 0 Å². The van der Waals surface area contributed by atoms with E-state index in [0.29, 0.717) is 32.6 Å². The third-order valence-corrected chi connectivity index (χ3v) is 4.26. The molecular weight excluding hydrogens is 268 g/mol. The van der Waals surface area contributed by atoms with Crippen molar-refractivity contribution in [3.8, 4) is 5.75 Å². The van der Waals surface area contributed by atoms with Gasteiger partial charge in [0.2, 0.25) is 5.91 Å². The van der Waals surface area contributed by atoms with Crippen LogP contribution in [0.3, 0.4) is 0 Å². The lowest BCUT2D eigenvalue weighted by atomic mass is 9.79. The predicted octanol–water partition coefficient (Wildman–Crippen LogP) is 1.63. The van der Waals surface area contributed by atoms with Crippen molar-refractivity contribution in [2.24, 2.45) is 11.1 Å². The summed E-state index contributed by atoms with van der Waals surface area (Å²) in [6, 6.07) is 7.64. The molecule has 1 saturated heterocycles. The number of amides is 1. The van der Waals surface area contributed by atoms with Gasteiger partial charge in [0.05, 0.1) is 18.6 Å². The van der Waals surface area contributed by atoms with Crippen molar-refractivity contribution in [1.82, 2.24) is 5.32 Å². The van der Waals surface area contributed by atoms with Crippen molar-refractivity contribution in [2.45, 2.75) is 25.8 Å². The van der Waals surface area contributed by atoms with Crippen LogP contribution in [0.15, 0.2) is 24.3 Å². The molecule has 0 bridgehead atoms. The lowest BCUT2D eigenvalue weighted by molar-refractivity contribution is -0.136. The number of rotatable bonds is 5. The van der Waals surface area contributed by atoms with Crippen LogP contribution < -0.4 is 15.8 Å². The second kappa shape index (κ2) is 6.91. The second-order valence-corrected chi connectivity index (χ2v) is 5.57. The molecule has 1 heterocycles. The molecule has 21 heavy (non-hydrogen) atoms. The summed E-state index contributed by atoms with van der Waals surface area (Å²) in [5.41, 5.74) is 6.38. The van der Waals surface area contributed by atoms with Crippen molar-refractivity contribution in [3.05, 3.63) is 29.8 Å². The number of hydrogen-bond donors (Lipinski definition) is 2. The molecule has 1 aliphatic rings. The third-order valence-electron chi connectivity index (χ3n) is 4.26. The van der Waals surface area contributed by atoms with Crippen LogP contribution in [-0.2, 0) is 9.53 Å². The molecule has 116 valence electrons. The van der Waals surface area contributed by atoms with E-state index in [4.69, 9.17) is 15.2 Å². The van der Waals surface area contributed by atoms with E-state index in [2.05, 4.69) is 5.32 Å². The molecule has 1 aromatic carbocycles. The molecule has 0 aromatic heterocycles. The van der Waals surface area contributed by atoms with Crippen LogP contribution in [-0.4, -0.2) is 32.8 Å². The molecule has 3 N–H and O–H groups in total. The first-order valence-electron chi connectivity index (χ1n) is 7.34. The van der Waals surface area contributed by atoms with Crippen molar-refractivity contribution in [3.63, 3.8) is 0 Å². The summed E-state index contributed by atoms with van der Waals surface area (Å²) in [7, 11) is 1.63. The molecule has 1 fully saturated rings. The van der Waals surface area contributed by atoms with Crippen LogP contribution in [0.1, 0.15) is 31.4 Å². The average Bonchev–Trinajstić information content (AvgIpc) is 2.55. The molecule has 0 spiro atoms. The number of nitrogens with two attached hydrogens (primary N) is 1. The van der Waals surface area contributed by atoms with Gasteiger partial charge in [0.25, 0.3) is 0 Å². The Hall–Kier alpha value is -1.59. The average molecular weight is 292 g/mol. The number of ether oxygens (including phenoxy) is 2. The largest absolute Gasteiger partial charge is 0.497 e. The smallest absolute Gasteiger partial charge is 0.228 e. The highest BCUT2D eigenvalue weighted by atomic mass is 16.5. The normalized spacial score (nSPS) is 18.8. The van der Waals surface area contributed by atoms with Gasteiger partial charge in [-0.3, -0.25) is 4.79 Å². The van der Waals surface area contributed by atoms with Gasteiger partial charge in [0.1, 0.15) is 5.75 Å². The molecular formula is C16H24N2O3. The highest BCUT2D eigenvalue weighted by Gasteiger charge is 2.39. The van der Waals surface area contributed by atoms with E-state index in [1.165, 1.54) is 0 Å². The minimum atomic E-state index is -0.495. The van der Waals surface area contributed by atoms with E-state index >= 15 is 0 Å². The fraction of sp³-hybridized carbons (Fsp3) is 0.562. The second-order valence-electron chi connectivity index (χ2n) is 5.57. The quantitative estimate of drug-likeness (QED) is 0.865. The summed E-state index contributed by atoms with van der Waals surface area (Å²) in [5.74, 6) is 0.803. The number of carbonyl (C=O) groups is 1. The van der Waals surface area contributed by atoms with Gasteiger partial charge in [-0.25, -0.2) is 0 Å². The summed E-state index contributed by atoms with van der Waals surface area (Å²) in [4.78, 5) is 12.6. The zero-order valence-electron chi connectivity index (χ0n) is 12.7. The Morgan fingerprint density at radius 1 is 1.48 bits per heavy atom. The van der Waals surface area contributed by atoms with Gasteiger partial charge < -0.3 is 20.5 Å². The summed E-state index contributed by atoms with van der Waals surface area (Å²) in [6.07, 6.45) is 1.36. The Kier molecular flexibility index (Phi) is 5.20. The standard InChI is InChI=1S/C16H24N2O3/c1-12(13-4-3-5-14(10-13)20-2)18-15(19)16(11-17)6-8-21-9-7-16/h3-5,10,12H,6-9,11,17H2,1-2H3,(H,18,19). The molecule has 2 rings (SSSR count).